The van der Waals surface area contributed by atoms with E-state index in [2.05, 4.69) is 19.9 Å². The Morgan fingerprint density at radius 2 is 1.96 bits per heavy atom. The zero-order chi connectivity index (χ0) is 18.1. The van der Waals surface area contributed by atoms with Crippen LogP contribution in [-0.2, 0) is 20.1 Å². The number of carbonyl (C=O) groups is 2. The van der Waals surface area contributed by atoms with Gasteiger partial charge < -0.3 is 9.64 Å². The van der Waals surface area contributed by atoms with Crippen LogP contribution in [-0.4, -0.2) is 30.3 Å². The number of amides is 1. The van der Waals surface area contributed by atoms with E-state index in [-0.39, 0.29) is 23.5 Å². The Balaban J connectivity index is 2.08. The Bertz CT molecular complexity index is 576. The molecule has 0 saturated heterocycles. The Morgan fingerprint density at radius 1 is 1.20 bits per heavy atom. The second-order valence-electron chi connectivity index (χ2n) is 6.40. The Morgan fingerprint density at radius 3 is 2.72 bits per heavy atom. The van der Waals surface area contributed by atoms with Crippen molar-refractivity contribution in [2.45, 2.75) is 63.4 Å². The van der Waals surface area contributed by atoms with E-state index in [0.717, 1.165) is 43.5 Å². The molecule has 0 aliphatic carbocycles. The number of hydrogen-bond donors (Lipinski definition) is 0. The second kappa shape index (κ2) is 10.5. The molecule has 1 aromatic carbocycles. The molecule has 0 radical (unpaired) electrons. The molecule has 0 fully saturated rings. The SMILES string of the molecule is CCCCCN1C(=O)C(CC(=O)OCCCC)SCc2ccccc21. The lowest BCUT2D eigenvalue weighted by atomic mass is 10.1. The van der Waals surface area contributed by atoms with E-state index in [9.17, 15) is 9.59 Å². The average molecular weight is 364 g/mol. The third kappa shape index (κ3) is 5.77. The van der Waals surface area contributed by atoms with Crippen LogP contribution in [0.15, 0.2) is 24.3 Å². The van der Waals surface area contributed by atoms with Crippen molar-refractivity contribution in [3.8, 4) is 0 Å². The molecule has 1 aliphatic heterocycles. The fourth-order valence-electron chi connectivity index (χ4n) is 2.89. The zero-order valence-corrected chi connectivity index (χ0v) is 16.1. The van der Waals surface area contributed by atoms with Crippen LogP contribution in [0.3, 0.4) is 0 Å². The minimum atomic E-state index is -0.358. The topological polar surface area (TPSA) is 46.6 Å². The predicted octanol–water partition coefficient (Wildman–Crippen LogP) is 4.56. The molecule has 0 aromatic heterocycles. The molecular formula is C20H29NO3S. The lowest BCUT2D eigenvalue weighted by Gasteiger charge is -2.25. The summed E-state index contributed by atoms with van der Waals surface area (Å²) in [4.78, 5) is 27.0. The van der Waals surface area contributed by atoms with Crippen LogP contribution in [0, 0.1) is 0 Å². The van der Waals surface area contributed by atoms with Crippen molar-refractivity contribution in [3.05, 3.63) is 29.8 Å². The minimum absolute atomic E-state index is 0.0403. The largest absolute Gasteiger partial charge is 0.466 e. The van der Waals surface area contributed by atoms with E-state index in [1.54, 1.807) is 11.8 Å². The first-order chi connectivity index (χ1) is 12.2. The molecule has 1 aromatic rings. The number of ether oxygens (including phenoxy) is 1. The fourth-order valence-corrected chi connectivity index (χ4v) is 4.04. The molecule has 1 atom stereocenters. The predicted molar refractivity (Wildman–Crippen MR) is 104 cm³/mol. The van der Waals surface area contributed by atoms with E-state index >= 15 is 0 Å². The summed E-state index contributed by atoms with van der Waals surface area (Å²) in [7, 11) is 0. The molecule has 0 saturated carbocycles. The molecule has 1 aliphatic rings. The van der Waals surface area contributed by atoms with E-state index < -0.39 is 0 Å². The van der Waals surface area contributed by atoms with Crippen LogP contribution in [0.1, 0.15) is 57.9 Å². The summed E-state index contributed by atoms with van der Waals surface area (Å²) >= 11 is 1.55. The third-order valence-electron chi connectivity index (χ3n) is 4.36. The molecule has 2 rings (SSSR count). The van der Waals surface area contributed by atoms with Gasteiger partial charge in [0.15, 0.2) is 0 Å². The summed E-state index contributed by atoms with van der Waals surface area (Å²) in [5.74, 6) is 0.524. The number of para-hydroxylation sites is 1. The van der Waals surface area contributed by atoms with Gasteiger partial charge in [0.2, 0.25) is 5.91 Å². The third-order valence-corrected chi connectivity index (χ3v) is 5.61. The Hall–Kier alpha value is -1.49. The van der Waals surface area contributed by atoms with Gasteiger partial charge in [-0.15, -0.1) is 11.8 Å². The fraction of sp³-hybridized carbons (Fsp3) is 0.600. The van der Waals surface area contributed by atoms with Gasteiger partial charge in [-0.05, 0) is 24.5 Å². The van der Waals surface area contributed by atoms with Crippen LogP contribution in [0.5, 0.6) is 0 Å². The van der Waals surface area contributed by atoms with Gasteiger partial charge in [-0.3, -0.25) is 9.59 Å². The van der Waals surface area contributed by atoms with Crippen molar-refractivity contribution in [3.63, 3.8) is 0 Å². The van der Waals surface area contributed by atoms with Gasteiger partial charge in [0.05, 0.1) is 18.3 Å². The Kier molecular flexibility index (Phi) is 8.32. The number of carbonyl (C=O) groups excluding carboxylic acids is 2. The van der Waals surface area contributed by atoms with E-state index in [0.29, 0.717) is 13.2 Å². The first-order valence-electron chi connectivity index (χ1n) is 9.33. The van der Waals surface area contributed by atoms with Crippen molar-refractivity contribution in [1.82, 2.24) is 0 Å². The maximum Gasteiger partial charge on any atom is 0.307 e. The number of esters is 1. The van der Waals surface area contributed by atoms with Crippen LogP contribution < -0.4 is 4.90 Å². The van der Waals surface area contributed by atoms with E-state index in [4.69, 9.17) is 4.74 Å². The highest BCUT2D eigenvalue weighted by molar-refractivity contribution is 7.99. The molecule has 0 spiro atoms. The quantitative estimate of drug-likeness (QED) is 0.477. The maximum atomic E-state index is 13.1. The Labute approximate surface area is 155 Å². The highest BCUT2D eigenvalue weighted by Gasteiger charge is 2.32. The van der Waals surface area contributed by atoms with Gasteiger partial charge in [0, 0.05) is 18.0 Å². The molecule has 5 heteroatoms. The summed E-state index contributed by atoms with van der Waals surface area (Å²) in [6, 6.07) is 8.07. The van der Waals surface area contributed by atoms with Gasteiger partial charge in [-0.1, -0.05) is 51.3 Å². The van der Waals surface area contributed by atoms with Crippen molar-refractivity contribution in [1.29, 1.82) is 0 Å². The lowest BCUT2D eigenvalue weighted by Crippen LogP contribution is -2.39. The molecule has 0 bridgehead atoms. The highest BCUT2D eigenvalue weighted by atomic mass is 32.2. The summed E-state index contributed by atoms with van der Waals surface area (Å²) in [5.41, 5.74) is 2.16. The van der Waals surface area contributed by atoms with Crippen molar-refractivity contribution < 1.29 is 14.3 Å². The molecule has 1 heterocycles. The molecule has 0 N–H and O–H groups in total. The smallest absolute Gasteiger partial charge is 0.307 e. The van der Waals surface area contributed by atoms with Crippen LogP contribution in [0.2, 0.25) is 0 Å². The van der Waals surface area contributed by atoms with Crippen LogP contribution in [0.25, 0.3) is 0 Å². The molecule has 1 amide bonds. The molecule has 138 valence electrons. The molecular weight excluding hydrogens is 334 g/mol. The summed E-state index contributed by atoms with van der Waals surface area (Å²) < 4.78 is 5.26. The first kappa shape index (κ1) is 19.8. The van der Waals surface area contributed by atoms with Gasteiger partial charge in [0.25, 0.3) is 0 Å². The van der Waals surface area contributed by atoms with Gasteiger partial charge >= 0.3 is 5.97 Å². The van der Waals surface area contributed by atoms with Crippen molar-refractivity contribution in [2.75, 3.05) is 18.1 Å². The summed E-state index contributed by atoms with van der Waals surface area (Å²) in [5, 5.41) is -0.358. The molecule has 25 heavy (non-hydrogen) atoms. The number of unbranched alkanes of at least 4 members (excludes halogenated alkanes) is 3. The number of thioether (sulfide) groups is 1. The average Bonchev–Trinajstić information content (AvgIpc) is 2.74. The summed E-state index contributed by atoms with van der Waals surface area (Å²) in [6.07, 6.45) is 5.21. The van der Waals surface area contributed by atoms with Crippen molar-refractivity contribution >= 4 is 29.3 Å². The number of benzene rings is 1. The maximum absolute atomic E-state index is 13.1. The monoisotopic (exact) mass is 363 g/mol. The molecule has 4 nitrogen and oxygen atoms in total. The first-order valence-corrected chi connectivity index (χ1v) is 10.4. The standard InChI is InChI=1S/C20H29NO3S/c1-3-5-9-12-21-17-11-8-7-10-16(17)15-25-18(20(21)23)14-19(22)24-13-6-4-2/h7-8,10-11,18H,3-6,9,12-15H2,1-2H3. The minimum Gasteiger partial charge on any atom is -0.466 e. The van der Waals surface area contributed by atoms with Gasteiger partial charge in [0.1, 0.15) is 0 Å². The number of anilines is 1. The number of hydrogen-bond acceptors (Lipinski definition) is 4. The number of rotatable bonds is 9. The van der Waals surface area contributed by atoms with Gasteiger partial charge in [-0.25, -0.2) is 0 Å². The van der Waals surface area contributed by atoms with Crippen LogP contribution >= 0.6 is 11.8 Å². The zero-order valence-electron chi connectivity index (χ0n) is 15.3. The normalized spacial score (nSPS) is 17.1. The highest BCUT2D eigenvalue weighted by Crippen LogP contribution is 2.34. The summed E-state index contributed by atoms with van der Waals surface area (Å²) in [6.45, 7) is 5.38. The van der Waals surface area contributed by atoms with E-state index in [1.807, 2.05) is 23.1 Å². The number of nitrogens with zero attached hydrogens (tertiary/aromatic N) is 1. The second-order valence-corrected chi connectivity index (χ2v) is 7.59. The van der Waals surface area contributed by atoms with Crippen molar-refractivity contribution in [2.24, 2.45) is 0 Å². The van der Waals surface area contributed by atoms with Crippen LogP contribution in [0.4, 0.5) is 5.69 Å². The van der Waals surface area contributed by atoms with Gasteiger partial charge in [-0.2, -0.15) is 0 Å². The molecule has 1 unspecified atom stereocenters. The lowest BCUT2D eigenvalue weighted by molar-refractivity contribution is -0.144. The number of fused-ring (bicyclic) bond motifs is 1. The van der Waals surface area contributed by atoms with E-state index in [1.165, 1.54) is 5.56 Å².